The Labute approximate surface area is 180 Å². The largest absolute Gasteiger partial charge is 0.378 e. The van der Waals surface area contributed by atoms with Crippen LogP contribution in [0.4, 0.5) is 5.69 Å². The van der Waals surface area contributed by atoms with Gasteiger partial charge in [-0.15, -0.1) is 0 Å². The SMILES string of the molecule is CN(Cc1ccc(N2CCOCC2)cc1)C(=O)CCNC(=O)c1ccc(Br)cc1. The summed E-state index contributed by atoms with van der Waals surface area (Å²) in [7, 11) is 1.79. The number of benzene rings is 2. The first kappa shape index (κ1) is 21.3. The molecule has 1 saturated heterocycles. The van der Waals surface area contributed by atoms with Crippen molar-refractivity contribution in [3.05, 3.63) is 64.1 Å². The van der Waals surface area contributed by atoms with E-state index in [1.165, 1.54) is 5.69 Å². The third-order valence-electron chi connectivity index (χ3n) is 4.89. The van der Waals surface area contributed by atoms with E-state index in [9.17, 15) is 9.59 Å². The van der Waals surface area contributed by atoms with Crippen LogP contribution in [0.3, 0.4) is 0 Å². The number of nitrogens with one attached hydrogen (secondary N) is 1. The van der Waals surface area contributed by atoms with E-state index in [1.807, 2.05) is 12.1 Å². The molecule has 2 aromatic rings. The second-order valence-electron chi connectivity index (χ2n) is 7.03. The minimum Gasteiger partial charge on any atom is -0.378 e. The van der Waals surface area contributed by atoms with E-state index in [0.717, 1.165) is 36.3 Å². The summed E-state index contributed by atoms with van der Waals surface area (Å²) in [5, 5.41) is 2.79. The summed E-state index contributed by atoms with van der Waals surface area (Å²) in [6, 6.07) is 15.4. The molecule has 0 bridgehead atoms. The first-order valence-corrected chi connectivity index (χ1v) is 10.5. The van der Waals surface area contributed by atoms with E-state index in [0.29, 0.717) is 18.7 Å². The van der Waals surface area contributed by atoms with Crippen molar-refractivity contribution in [3.63, 3.8) is 0 Å². The lowest BCUT2D eigenvalue weighted by atomic mass is 10.1. The average molecular weight is 460 g/mol. The van der Waals surface area contributed by atoms with Crippen LogP contribution in [-0.4, -0.2) is 56.6 Å². The van der Waals surface area contributed by atoms with Crippen LogP contribution in [0.2, 0.25) is 0 Å². The van der Waals surface area contributed by atoms with Crippen LogP contribution in [0.1, 0.15) is 22.3 Å². The molecule has 1 heterocycles. The van der Waals surface area contributed by atoms with E-state index in [-0.39, 0.29) is 18.2 Å². The van der Waals surface area contributed by atoms with Crippen molar-refractivity contribution in [3.8, 4) is 0 Å². The fraction of sp³-hybridized carbons (Fsp3) is 0.364. The van der Waals surface area contributed by atoms with Gasteiger partial charge in [-0.05, 0) is 42.0 Å². The molecule has 2 aromatic carbocycles. The van der Waals surface area contributed by atoms with Crippen molar-refractivity contribution < 1.29 is 14.3 Å². The Balaban J connectivity index is 1.42. The second-order valence-corrected chi connectivity index (χ2v) is 7.94. The van der Waals surface area contributed by atoms with Crippen LogP contribution in [0.5, 0.6) is 0 Å². The third-order valence-corrected chi connectivity index (χ3v) is 5.42. The highest BCUT2D eigenvalue weighted by Crippen LogP contribution is 2.17. The number of carbonyl (C=O) groups excluding carboxylic acids is 2. The van der Waals surface area contributed by atoms with Gasteiger partial charge in [0.15, 0.2) is 0 Å². The number of rotatable bonds is 7. The summed E-state index contributed by atoms with van der Waals surface area (Å²) in [5.41, 5.74) is 2.84. The Morgan fingerprint density at radius 1 is 1.07 bits per heavy atom. The molecule has 7 heteroatoms. The number of morpholine rings is 1. The van der Waals surface area contributed by atoms with Gasteiger partial charge in [0, 0.05) is 55.4 Å². The minimum absolute atomic E-state index is 0.00152. The predicted octanol–water partition coefficient (Wildman–Crippen LogP) is 3.06. The number of hydrogen-bond acceptors (Lipinski definition) is 4. The molecule has 1 aliphatic heterocycles. The number of nitrogens with zero attached hydrogens (tertiary/aromatic N) is 2. The monoisotopic (exact) mass is 459 g/mol. The Hall–Kier alpha value is -2.38. The van der Waals surface area contributed by atoms with E-state index in [2.05, 4.69) is 50.4 Å². The lowest BCUT2D eigenvalue weighted by Gasteiger charge is -2.29. The van der Waals surface area contributed by atoms with Crippen LogP contribution in [0.15, 0.2) is 53.0 Å². The molecule has 0 saturated carbocycles. The number of hydrogen-bond donors (Lipinski definition) is 1. The smallest absolute Gasteiger partial charge is 0.251 e. The molecule has 0 atom stereocenters. The molecule has 3 rings (SSSR count). The summed E-state index contributed by atoms with van der Waals surface area (Å²) in [4.78, 5) is 28.5. The fourth-order valence-electron chi connectivity index (χ4n) is 3.17. The van der Waals surface area contributed by atoms with E-state index in [1.54, 1.807) is 24.1 Å². The summed E-state index contributed by atoms with van der Waals surface area (Å²) >= 11 is 3.34. The number of carbonyl (C=O) groups is 2. The van der Waals surface area contributed by atoms with Crippen LogP contribution in [-0.2, 0) is 16.1 Å². The molecule has 0 aliphatic carbocycles. The first-order valence-electron chi connectivity index (χ1n) is 9.72. The third kappa shape index (κ3) is 6.30. The fourth-order valence-corrected chi connectivity index (χ4v) is 3.44. The van der Waals surface area contributed by atoms with Gasteiger partial charge in [-0.25, -0.2) is 0 Å². The second kappa shape index (κ2) is 10.4. The molecule has 0 radical (unpaired) electrons. The molecule has 154 valence electrons. The standard InChI is InChI=1S/C22H26BrN3O3/c1-25(16-17-2-8-20(9-3-17)26-12-14-29-15-13-26)21(27)10-11-24-22(28)18-4-6-19(23)7-5-18/h2-9H,10-16H2,1H3,(H,24,28). The van der Waals surface area contributed by atoms with Gasteiger partial charge < -0.3 is 19.9 Å². The lowest BCUT2D eigenvalue weighted by Crippen LogP contribution is -2.36. The molecule has 0 aromatic heterocycles. The summed E-state index contributed by atoms with van der Waals surface area (Å²) < 4.78 is 6.31. The molecule has 0 unspecified atom stereocenters. The Kier molecular flexibility index (Phi) is 7.66. The maximum Gasteiger partial charge on any atom is 0.251 e. The Morgan fingerprint density at radius 3 is 2.38 bits per heavy atom. The van der Waals surface area contributed by atoms with Gasteiger partial charge in [0.1, 0.15) is 0 Å². The number of ether oxygens (including phenoxy) is 1. The molecular weight excluding hydrogens is 434 g/mol. The van der Waals surface area contributed by atoms with Gasteiger partial charge in [0.2, 0.25) is 5.91 Å². The normalized spacial score (nSPS) is 13.8. The topological polar surface area (TPSA) is 61.9 Å². The van der Waals surface area contributed by atoms with Crippen LogP contribution < -0.4 is 10.2 Å². The zero-order valence-electron chi connectivity index (χ0n) is 16.6. The molecule has 1 fully saturated rings. The average Bonchev–Trinajstić information content (AvgIpc) is 2.75. The highest BCUT2D eigenvalue weighted by Gasteiger charge is 2.13. The number of anilines is 1. The van der Waals surface area contributed by atoms with Crippen molar-refractivity contribution in [2.45, 2.75) is 13.0 Å². The Bertz CT molecular complexity index is 818. The predicted molar refractivity (Wildman–Crippen MR) is 117 cm³/mol. The van der Waals surface area contributed by atoms with Gasteiger partial charge >= 0.3 is 0 Å². The minimum atomic E-state index is -0.174. The summed E-state index contributed by atoms with van der Waals surface area (Å²) in [6.45, 7) is 4.19. The quantitative estimate of drug-likeness (QED) is 0.690. The van der Waals surface area contributed by atoms with Crippen molar-refractivity contribution in [1.82, 2.24) is 10.2 Å². The number of amides is 2. The van der Waals surface area contributed by atoms with Gasteiger partial charge in [0.25, 0.3) is 5.91 Å². The van der Waals surface area contributed by atoms with Crippen molar-refractivity contribution in [1.29, 1.82) is 0 Å². The molecule has 2 amide bonds. The zero-order chi connectivity index (χ0) is 20.6. The van der Waals surface area contributed by atoms with Crippen LogP contribution in [0, 0.1) is 0 Å². The van der Waals surface area contributed by atoms with Crippen LogP contribution in [0.25, 0.3) is 0 Å². The highest BCUT2D eigenvalue weighted by atomic mass is 79.9. The van der Waals surface area contributed by atoms with Crippen molar-refractivity contribution in [2.24, 2.45) is 0 Å². The van der Waals surface area contributed by atoms with E-state index >= 15 is 0 Å². The van der Waals surface area contributed by atoms with Gasteiger partial charge in [0.05, 0.1) is 13.2 Å². The maximum atomic E-state index is 12.4. The molecule has 1 N–H and O–H groups in total. The molecule has 0 spiro atoms. The number of halogens is 1. The Morgan fingerprint density at radius 2 is 1.72 bits per heavy atom. The van der Waals surface area contributed by atoms with Crippen LogP contribution >= 0.6 is 15.9 Å². The summed E-state index contributed by atoms with van der Waals surface area (Å²) in [5.74, 6) is -0.176. The first-order chi connectivity index (χ1) is 14.0. The highest BCUT2D eigenvalue weighted by molar-refractivity contribution is 9.10. The van der Waals surface area contributed by atoms with Gasteiger partial charge in [-0.1, -0.05) is 28.1 Å². The van der Waals surface area contributed by atoms with E-state index < -0.39 is 0 Å². The van der Waals surface area contributed by atoms with E-state index in [4.69, 9.17) is 4.74 Å². The zero-order valence-corrected chi connectivity index (χ0v) is 18.2. The molecule has 1 aliphatic rings. The van der Waals surface area contributed by atoms with Gasteiger partial charge in [-0.2, -0.15) is 0 Å². The maximum absolute atomic E-state index is 12.4. The lowest BCUT2D eigenvalue weighted by molar-refractivity contribution is -0.130. The van der Waals surface area contributed by atoms with Gasteiger partial charge in [-0.3, -0.25) is 9.59 Å². The molecular formula is C22H26BrN3O3. The van der Waals surface area contributed by atoms with Crippen molar-refractivity contribution >= 4 is 33.4 Å². The van der Waals surface area contributed by atoms with Crippen molar-refractivity contribution in [2.75, 3.05) is 44.8 Å². The molecule has 6 nitrogen and oxygen atoms in total. The summed E-state index contributed by atoms with van der Waals surface area (Å²) in [6.07, 6.45) is 0.268. The molecule has 29 heavy (non-hydrogen) atoms.